The summed E-state index contributed by atoms with van der Waals surface area (Å²) in [5.74, 6) is -1.12. The second kappa shape index (κ2) is 20.1. The first-order valence-electron chi connectivity index (χ1n) is 22.7. The van der Waals surface area contributed by atoms with Gasteiger partial charge in [-0.25, -0.2) is 9.59 Å². The molecule has 1 saturated heterocycles. The van der Waals surface area contributed by atoms with Crippen molar-refractivity contribution >= 4 is 77.8 Å². The van der Waals surface area contributed by atoms with Crippen LogP contribution in [0.15, 0.2) is 72.8 Å². The van der Waals surface area contributed by atoms with Crippen LogP contribution in [0.2, 0.25) is 0 Å². The quantitative estimate of drug-likeness (QED) is 0.0718. The minimum Gasteiger partial charge on any atom is -0.428 e. The number of nitrogens with zero attached hydrogens (tertiary/aromatic N) is 5. The van der Waals surface area contributed by atoms with Gasteiger partial charge in [0.1, 0.15) is 0 Å². The molecular formula is C48H61N9O8S. The van der Waals surface area contributed by atoms with E-state index in [1.807, 2.05) is 88.4 Å². The fourth-order valence-electron chi connectivity index (χ4n) is 9.51. The summed E-state index contributed by atoms with van der Waals surface area (Å²) in [6.45, 7) is 9.54. The maximum atomic E-state index is 13.4. The summed E-state index contributed by atoms with van der Waals surface area (Å²) in [7, 11) is -1.28. The molecule has 1 aliphatic heterocycles. The molecule has 17 nitrogen and oxygen atoms in total. The van der Waals surface area contributed by atoms with Crippen molar-refractivity contribution in [1.29, 1.82) is 0 Å². The van der Waals surface area contributed by atoms with Crippen molar-refractivity contribution in [3.8, 4) is 0 Å². The second-order valence-electron chi connectivity index (χ2n) is 16.8. The smallest absolute Gasteiger partial charge is 0.426 e. The van der Waals surface area contributed by atoms with E-state index in [2.05, 4.69) is 31.9 Å². The van der Waals surface area contributed by atoms with Crippen LogP contribution in [0.4, 0.5) is 9.59 Å². The molecule has 4 aromatic carbocycles. The number of piperazine rings is 1. The number of nitrogens with two attached hydrogens (primary N) is 2. The fourth-order valence-corrected chi connectivity index (χ4v) is 10.7. The Hall–Kier alpha value is -6.21. The molecule has 2 aromatic heterocycles. The number of fused-ring (bicyclic) bond motifs is 6. The SMILES string of the molecule is CCC(CCNC(=O)OC1CN(OC(=O)NCCC(CC)c2cc(C(N)=O)c3c(c2)c2ccccc2n3CC)CCN1S(=O)(=O)N(C)C)c1cc(C(N)=O)c2c(c1)c1ccccc1n2CC. The van der Waals surface area contributed by atoms with E-state index in [0.717, 1.165) is 69.8 Å². The monoisotopic (exact) mass is 923 g/mol. The van der Waals surface area contributed by atoms with Crippen molar-refractivity contribution in [2.75, 3.05) is 46.8 Å². The van der Waals surface area contributed by atoms with Crippen LogP contribution in [0.5, 0.6) is 0 Å². The molecule has 7 rings (SSSR count). The minimum absolute atomic E-state index is 0.0214. The summed E-state index contributed by atoms with van der Waals surface area (Å²) < 4.78 is 38.8. The van der Waals surface area contributed by atoms with E-state index in [-0.39, 0.29) is 44.6 Å². The van der Waals surface area contributed by atoms with Crippen LogP contribution in [0, 0.1) is 0 Å². The number of nitrogens with one attached hydrogen (secondary N) is 2. The summed E-state index contributed by atoms with van der Waals surface area (Å²) in [6.07, 6.45) is -0.465. The predicted octanol–water partition coefficient (Wildman–Crippen LogP) is 6.73. The summed E-state index contributed by atoms with van der Waals surface area (Å²) in [6, 6.07) is 23.9. The second-order valence-corrected chi connectivity index (χ2v) is 18.9. The Morgan fingerprint density at radius 3 is 1.61 bits per heavy atom. The average molecular weight is 924 g/mol. The molecule has 1 aliphatic rings. The molecule has 1 fully saturated rings. The number of para-hydroxylation sites is 2. The van der Waals surface area contributed by atoms with E-state index in [1.54, 1.807) is 0 Å². The van der Waals surface area contributed by atoms with Crippen molar-refractivity contribution in [2.45, 2.75) is 84.5 Å². The number of primary amides is 2. The largest absolute Gasteiger partial charge is 0.428 e. The molecule has 18 heteroatoms. The number of hydroxylamine groups is 2. The van der Waals surface area contributed by atoms with Gasteiger partial charge in [0, 0.05) is 85.9 Å². The average Bonchev–Trinajstić information content (AvgIpc) is 3.80. The van der Waals surface area contributed by atoms with Gasteiger partial charge < -0.3 is 40.8 Å². The van der Waals surface area contributed by atoms with Crippen LogP contribution < -0.4 is 22.1 Å². The molecule has 0 spiro atoms. The van der Waals surface area contributed by atoms with Crippen molar-refractivity contribution in [3.05, 3.63) is 95.1 Å². The Labute approximate surface area is 385 Å². The van der Waals surface area contributed by atoms with Crippen molar-refractivity contribution in [1.82, 2.24) is 33.4 Å². The van der Waals surface area contributed by atoms with Crippen LogP contribution in [0.3, 0.4) is 0 Å². The van der Waals surface area contributed by atoms with E-state index in [0.29, 0.717) is 43.5 Å². The van der Waals surface area contributed by atoms with Gasteiger partial charge in [-0.15, -0.1) is 9.37 Å². The van der Waals surface area contributed by atoms with Crippen molar-refractivity contribution in [3.63, 3.8) is 0 Å². The van der Waals surface area contributed by atoms with Crippen LogP contribution in [-0.4, -0.2) is 108 Å². The Morgan fingerprint density at radius 2 is 1.17 bits per heavy atom. The van der Waals surface area contributed by atoms with Crippen LogP contribution in [0.25, 0.3) is 43.6 Å². The van der Waals surface area contributed by atoms with Gasteiger partial charge in [0.25, 0.3) is 22.0 Å². The van der Waals surface area contributed by atoms with Gasteiger partial charge in [0.15, 0.2) is 6.23 Å². The number of rotatable bonds is 18. The van der Waals surface area contributed by atoms with E-state index >= 15 is 0 Å². The molecule has 0 radical (unpaired) electrons. The number of hydrogen-bond acceptors (Lipinski definition) is 9. The van der Waals surface area contributed by atoms with E-state index < -0.39 is 40.4 Å². The highest BCUT2D eigenvalue weighted by Crippen LogP contribution is 2.37. The van der Waals surface area contributed by atoms with Gasteiger partial charge in [-0.3, -0.25) is 9.59 Å². The lowest BCUT2D eigenvalue weighted by molar-refractivity contribution is -0.158. The number of carbonyl (C=O) groups is 4. The lowest BCUT2D eigenvalue weighted by Crippen LogP contribution is -2.59. The number of aromatic nitrogens is 2. The third-order valence-corrected chi connectivity index (χ3v) is 14.8. The summed E-state index contributed by atoms with van der Waals surface area (Å²) in [5.41, 5.74) is 18.2. The lowest BCUT2D eigenvalue weighted by Gasteiger charge is -2.39. The normalized spacial score (nSPS) is 16.0. The number of alkyl carbamates (subject to hydrolysis) is 1. The zero-order valence-electron chi connectivity index (χ0n) is 38.5. The molecule has 0 aliphatic carbocycles. The maximum absolute atomic E-state index is 13.4. The number of carbonyl (C=O) groups excluding carboxylic acids is 4. The highest BCUT2D eigenvalue weighted by Gasteiger charge is 2.40. The van der Waals surface area contributed by atoms with E-state index in [4.69, 9.17) is 21.0 Å². The molecule has 352 valence electrons. The van der Waals surface area contributed by atoms with Crippen molar-refractivity contribution in [2.24, 2.45) is 11.5 Å². The van der Waals surface area contributed by atoms with Crippen LogP contribution in [-0.2, 0) is 32.9 Å². The molecule has 0 saturated carbocycles. The third kappa shape index (κ3) is 9.40. The molecule has 3 heterocycles. The zero-order valence-corrected chi connectivity index (χ0v) is 39.3. The van der Waals surface area contributed by atoms with Gasteiger partial charge >= 0.3 is 12.2 Å². The number of hydrogen-bond donors (Lipinski definition) is 4. The van der Waals surface area contributed by atoms with Gasteiger partial charge in [-0.2, -0.15) is 12.7 Å². The number of benzene rings is 4. The number of amides is 4. The van der Waals surface area contributed by atoms with E-state index in [9.17, 15) is 27.6 Å². The lowest BCUT2D eigenvalue weighted by atomic mass is 9.90. The predicted molar refractivity (Wildman–Crippen MR) is 256 cm³/mol. The number of aryl methyl sites for hydroxylation is 2. The summed E-state index contributed by atoms with van der Waals surface area (Å²) in [4.78, 5) is 57.7. The topological polar surface area (TPSA) is 217 Å². The van der Waals surface area contributed by atoms with Crippen LogP contribution >= 0.6 is 0 Å². The molecule has 66 heavy (non-hydrogen) atoms. The molecule has 6 aromatic rings. The molecule has 4 amide bonds. The van der Waals surface area contributed by atoms with Gasteiger partial charge in [0.05, 0.1) is 28.7 Å². The molecule has 3 atom stereocenters. The molecular weight excluding hydrogens is 863 g/mol. The highest BCUT2D eigenvalue weighted by atomic mass is 32.2. The third-order valence-electron chi connectivity index (χ3n) is 12.9. The first-order chi connectivity index (χ1) is 31.6. The number of ether oxygens (including phenoxy) is 1. The Kier molecular flexibility index (Phi) is 14.6. The molecule has 6 N–H and O–H groups in total. The maximum Gasteiger partial charge on any atom is 0.426 e. The van der Waals surface area contributed by atoms with Gasteiger partial charge in [0.2, 0.25) is 0 Å². The fraction of sp³-hybridized carbons (Fsp3) is 0.417. The first-order valence-corrected chi connectivity index (χ1v) is 24.1. The Balaban J connectivity index is 0.984. The minimum atomic E-state index is -4.04. The van der Waals surface area contributed by atoms with Gasteiger partial charge in [-0.1, -0.05) is 50.2 Å². The van der Waals surface area contributed by atoms with Gasteiger partial charge in [-0.05, 0) is 98.9 Å². The summed E-state index contributed by atoms with van der Waals surface area (Å²) >= 11 is 0. The Bertz CT molecular complexity index is 2910. The standard InChI is InChI=1S/C48H61N9O8S/c1-7-30(32-25-36-34-15-11-13-17-40(34)55(9-3)43(36)38(27-32)45(49)58)19-21-51-47(60)64-42-29-54(23-24-57(42)66(62,63)53(5)6)65-48(61)52-22-20-31(8-2)33-26-37-35-16-12-14-18-41(35)56(10-4)44(37)39(28-33)46(50)59/h11-18,25-28,30-31,42H,7-10,19-24,29H2,1-6H3,(H2,49,58)(H2,50,59)(H,51,60)(H,52,61). The Morgan fingerprint density at radius 1 is 0.697 bits per heavy atom. The van der Waals surface area contributed by atoms with Crippen LogP contribution in [0.1, 0.15) is 97.1 Å². The molecule has 0 bridgehead atoms. The van der Waals surface area contributed by atoms with Crippen molar-refractivity contribution < 1.29 is 37.2 Å². The van der Waals surface area contributed by atoms with E-state index in [1.165, 1.54) is 19.2 Å². The molecule has 3 unspecified atom stereocenters. The zero-order chi connectivity index (χ0) is 47.4. The highest BCUT2D eigenvalue weighted by molar-refractivity contribution is 7.86. The first kappa shape index (κ1) is 47.7. The summed E-state index contributed by atoms with van der Waals surface area (Å²) in [5, 5.41) is 10.8.